The van der Waals surface area contributed by atoms with E-state index in [2.05, 4.69) is 85.8 Å². The van der Waals surface area contributed by atoms with Crippen molar-refractivity contribution in [2.45, 2.75) is 85.5 Å². The fraction of sp³-hybridized carbons (Fsp3) is 0.528. The Labute approximate surface area is 287 Å². The summed E-state index contributed by atoms with van der Waals surface area (Å²) in [7, 11) is -4.03. The van der Waals surface area contributed by atoms with Gasteiger partial charge in [-0.1, -0.05) is 49.8 Å². The number of nitrogens with zero attached hydrogens (tertiary/aromatic N) is 2. The van der Waals surface area contributed by atoms with Gasteiger partial charge in [0.05, 0.1) is 29.1 Å². The molecule has 1 unspecified atom stereocenters. The SMILES string of the molecule is CC1(C)C2=C(C=CCC2)[N+](CCCS(=O)(=O)O)=C1/C=C/C1=C(Cl)C(=C/C=C2\N(CCCOS(=O)[O-])C3=C(CCC=C3)C2(C)C)/CCC1. The first-order valence-electron chi connectivity index (χ1n) is 16.6. The van der Waals surface area contributed by atoms with E-state index in [1.807, 2.05) is 0 Å². The minimum absolute atomic E-state index is 0.139. The predicted octanol–water partition coefficient (Wildman–Crippen LogP) is 7.55. The molecule has 2 aliphatic heterocycles. The van der Waals surface area contributed by atoms with Crippen LogP contribution >= 0.6 is 11.6 Å². The zero-order valence-corrected chi connectivity index (χ0v) is 30.3. The van der Waals surface area contributed by atoms with Crippen molar-refractivity contribution in [1.29, 1.82) is 0 Å². The molecule has 0 aromatic rings. The van der Waals surface area contributed by atoms with Crippen molar-refractivity contribution in [2.24, 2.45) is 10.8 Å². The van der Waals surface area contributed by atoms with Crippen molar-refractivity contribution >= 4 is 38.8 Å². The minimum Gasteiger partial charge on any atom is -0.750 e. The number of halogens is 1. The Bertz CT molecular complexity index is 1700. The molecular weight excluding hydrogens is 656 g/mol. The summed E-state index contributed by atoms with van der Waals surface area (Å²) in [6.07, 6.45) is 24.9. The molecule has 0 aromatic carbocycles. The van der Waals surface area contributed by atoms with Crippen LogP contribution in [-0.4, -0.2) is 62.4 Å². The molecule has 0 amide bonds. The first kappa shape index (κ1) is 36.0. The lowest BCUT2D eigenvalue weighted by Crippen LogP contribution is -2.27. The van der Waals surface area contributed by atoms with E-state index >= 15 is 0 Å². The summed E-state index contributed by atoms with van der Waals surface area (Å²) in [4.78, 5) is 2.30. The van der Waals surface area contributed by atoms with Gasteiger partial charge in [-0.2, -0.15) is 13.0 Å². The van der Waals surface area contributed by atoms with Crippen molar-refractivity contribution < 1.29 is 30.5 Å². The van der Waals surface area contributed by atoms with Crippen LogP contribution < -0.4 is 0 Å². The van der Waals surface area contributed by atoms with Gasteiger partial charge in [-0.25, -0.2) is 4.21 Å². The van der Waals surface area contributed by atoms with Crippen LogP contribution in [0.4, 0.5) is 0 Å². The Kier molecular flexibility index (Phi) is 11.2. The third kappa shape index (κ3) is 7.94. The lowest BCUT2D eigenvalue weighted by atomic mass is 9.77. The number of hydrogen-bond acceptors (Lipinski definition) is 6. The third-order valence-corrected chi connectivity index (χ3v) is 11.7. The van der Waals surface area contributed by atoms with E-state index in [0.717, 1.165) is 72.5 Å². The summed E-state index contributed by atoms with van der Waals surface area (Å²) in [5.41, 5.74) is 9.15. The van der Waals surface area contributed by atoms with Crippen LogP contribution in [0.25, 0.3) is 0 Å². The second-order valence-electron chi connectivity index (χ2n) is 13.8. The van der Waals surface area contributed by atoms with Gasteiger partial charge < -0.3 is 13.6 Å². The van der Waals surface area contributed by atoms with Gasteiger partial charge in [0.15, 0.2) is 5.71 Å². The van der Waals surface area contributed by atoms with Gasteiger partial charge in [-0.05, 0) is 94.1 Å². The molecule has 256 valence electrons. The molecule has 5 aliphatic rings. The predicted molar refractivity (Wildman–Crippen MR) is 188 cm³/mol. The summed E-state index contributed by atoms with van der Waals surface area (Å²) in [6.45, 7) is 10.3. The average Bonchev–Trinajstić information content (AvgIpc) is 3.36. The second-order valence-corrected chi connectivity index (χ2v) is 16.4. The standard InChI is InChI=1S/C36H47ClN2O6S2/c1-35(2)28-14-5-7-16-30(28)38(22-10-24-45-46(40)41)32(35)20-18-26-12-9-13-27(34(26)37)19-21-33-36(3,4)29-15-6-8-17-31(29)39(33)23-11-25-47(42,43)44/h7-8,16-21H,5-6,9-15,22-25H2,1-4H3,(H-,40,41,42,43,44). The van der Waals surface area contributed by atoms with Crippen molar-refractivity contribution in [3.63, 3.8) is 0 Å². The molecule has 1 N–H and O–H groups in total. The molecule has 3 aliphatic carbocycles. The Hall–Kier alpha value is -2.34. The quantitative estimate of drug-likeness (QED) is 0.0968. The lowest BCUT2D eigenvalue weighted by Gasteiger charge is -2.29. The van der Waals surface area contributed by atoms with E-state index in [1.54, 1.807) is 0 Å². The van der Waals surface area contributed by atoms with Crippen LogP contribution in [0.1, 0.15) is 85.5 Å². The van der Waals surface area contributed by atoms with Gasteiger partial charge in [-0.15, -0.1) is 0 Å². The summed E-state index contributed by atoms with van der Waals surface area (Å²) >= 11 is 4.61. The van der Waals surface area contributed by atoms with Gasteiger partial charge in [0, 0.05) is 52.5 Å². The van der Waals surface area contributed by atoms with E-state index in [-0.39, 0.29) is 23.2 Å². The van der Waals surface area contributed by atoms with Gasteiger partial charge in [0.1, 0.15) is 6.54 Å². The Morgan fingerprint density at radius 1 is 1.02 bits per heavy atom. The van der Waals surface area contributed by atoms with E-state index in [4.69, 9.17) is 15.8 Å². The van der Waals surface area contributed by atoms with Crippen LogP contribution in [0.15, 0.2) is 93.0 Å². The maximum atomic E-state index is 11.5. The molecule has 0 spiro atoms. The van der Waals surface area contributed by atoms with Crippen molar-refractivity contribution in [3.05, 3.63) is 93.0 Å². The topological polar surface area (TPSA) is 110 Å². The zero-order valence-electron chi connectivity index (χ0n) is 27.9. The summed E-state index contributed by atoms with van der Waals surface area (Å²) in [6, 6.07) is 0. The summed E-state index contributed by atoms with van der Waals surface area (Å²) in [5.74, 6) is -0.272. The van der Waals surface area contributed by atoms with Crippen LogP contribution in [0.2, 0.25) is 0 Å². The molecule has 0 radical (unpaired) electrons. The molecular formula is C36H47ClN2O6S2. The van der Waals surface area contributed by atoms with E-state index in [0.29, 0.717) is 25.9 Å². The normalized spacial score (nSPS) is 24.9. The van der Waals surface area contributed by atoms with Gasteiger partial charge in [0.25, 0.3) is 10.1 Å². The highest BCUT2D eigenvalue weighted by Crippen LogP contribution is 2.51. The lowest BCUT2D eigenvalue weighted by molar-refractivity contribution is -0.469. The molecule has 0 bridgehead atoms. The number of allylic oxidation sites excluding steroid dienone is 13. The molecule has 0 saturated carbocycles. The number of hydrogen-bond donors (Lipinski definition) is 1. The van der Waals surface area contributed by atoms with E-state index in [9.17, 15) is 21.7 Å². The van der Waals surface area contributed by atoms with E-state index < -0.39 is 21.5 Å². The van der Waals surface area contributed by atoms with Crippen molar-refractivity contribution in [3.8, 4) is 0 Å². The fourth-order valence-corrected chi connectivity index (χ4v) is 8.78. The largest absolute Gasteiger partial charge is 0.750 e. The van der Waals surface area contributed by atoms with E-state index in [1.165, 1.54) is 22.5 Å². The van der Waals surface area contributed by atoms with Crippen molar-refractivity contribution in [1.82, 2.24) is 4.90 Å². The smallest absolute Gasteiger partial charge is 0.265 e. The highest BCUT2D eigenvalue weighted by atomic mass is 35.5. The van der Waals surface area contributed by atoms with Gasteiger partial charge in [-0.3, -0.25) is 4.55 Å². The molecule has 11 heteroatoms. The van der Waals surface area contributed by atoms with Crippen molar-refractivity contribution in [2.75, 3.05) is 25.4 Å². The van der Waals surface area contributed by atoms with Gasteiger partial charge >= 0.3 is 0 Å². The van der Waals surface area contributed by atoms with Crippen LogP contribution in [0.5, 0.6) is 0 Å². The molecule has 5 rings (SSSR count). The highest BCUT2D eigenvalue weighted by Gasteiger charge is 2.46. The van der Waals surface area contributed by atoms with Crippen LogP contribution in [0, 0.1) is 10.8 Å². The molecule has 2 heterocycles. The Morgan fingerprint density at radius 3 is 2.47 bits per heavy atom. The van der Waals surface area contributed by atoms with Crippen LogP contribution in [-0.2, 0) is 25.7 Å². The monoisotopic (exact) mass is 702 g/mol. The van der Waals surface area contributed by atoms with Crippen LogP contribution in [0.3, 0.4) is 0 Å². The molecule has 47 heavy (non-hydrogen) atoms. The second kappa shape index (κ2) is 14.6. The van der Waals surface area contributed by atoms with Gasteiger partial charge in [0.2, 0.25) is 5.70 Å². The maximum Gasteiger partial charge on any atom is 0.265 e. The molecule has 0 fully saturated rings. The first-order valence-corrected chi connectivity index (χ1v) is 19.6. The molecule has 1 atom stereocenters. The highest BCUT2D eigenvalue weighted by molar-refractivity contribution is 7.85. The average molecular weight is 703 g/mol. The zero-order chi connectivity index (χ0) is 34.0. The maximum absolute atomic E-state index is 11.5. The number of rotatable bonds is 12. The summed E-state index contributed by atoms with van der Waals surface area (Å²) < 4.78 is 61.1. The minimum atomic E-state index is -4.03. The summed E-state index contributed by atoms with van der Waals surface area (Å²) in [5, 5.41) is 0.766. The Morgan fingerprint density at radius 2 is 1.74 bits per heavy atom. The third-order valence-electron chi connectivity index (χ3n) is 10.1. The molecule has 0 aromatic heterocycles. The molecule has 0 saturated heterocycles. The Balaban J connectivity index is 1.43. The fourth-order valence-electron chi connectivity index (χ4n) is 7.72. The molecule has 8 nitrogen and oxygen atoms in total. The first-order chi connectivity index (χ1) is 22.2.